The molecule has 2 heterocycles. The van der Waals surface area contributed by atoms with Crippen LogP contribution in [0.1, 0.15) is 41.9 Å². The van der Waals surface area contributed by atoms with Gasteiger partial charge in [0.05, 0.1) is 6.04 Å². The molecule has 0 radical (unpaired) electrons. The first-order valence-electron chi connectivity index (χ1n) is 9.41. The van der Waals surface area contributed by atoms with Crippen LogP contribution in [0.3, 0.4) is 0 Å². The van der Waals surface area contributed by atoms with E-state index in [9.17, 15) is 4.79 Å². The highest BCUT2D eigenvalue weighted by atomic mass is 35.5. The standard InChI is InChI=1S/C20H29N5O.ClH/c1-16(14-24(2)15-17-7-4-3-5-8-17)22-20(26)19-10-12-25(23-19)18-9-6-11-21-13-18;/h3-5,7-8,10,12,16,18,21H,6,9,11,13-15H2,1-2H3,(H,22,26);1H. The number of benzene rings is 1. The number of likely N-dealkylation sites (N-methyl/N-ethyl adjacent to an activating group) is 1. The van der Waals surface area contributed by atoms with Gasteiger partial charge in [-0.2, -0.15) is 5.10 Å². The summed E-state index contributed by atoms with van der Waals surface area (Å²) in [5, 5.41) is 10.9. The van der Waals surface area contributed by atoms with Crippen molar-refractivity contribution < 1.29 is 4.79 Å². The normalized spacial score (nSPS) is 18.0. The summed E-state index contributed by atoms with van der Waals surface area (Å²) < 4.78 is 1.92. The van der Waals surface area contributed by atoms with Crippen LogP contribution in [0.15, 0.2) is 42.6 Å². The summed E-state index contributed by atoms with van der Waals surface area (Å²) in [5.74, 6) is -0.104. The molecular weight excluding hydrogens is 362 g/mol. The number of hydrogen-bond acceptors (Lipinski definition) is 4. The molecule has 7 heteroatoms. The average molecular weight is 392 g/mol. The first kappa shape index (κ1) is 21.4. The molecule has 1 aromatic heterocycles. The smallest absolute Gasteiger partial charge is 0.272 e. The van der Waals surface area contributed by atoms with E-state index in [2.05, 4.69) is 39.8 Å². The van der Waals surface area contributed by atoms with E-state index in [1.54, 1.807) is 0 Å². The van der Waals surface area contributed by atoms with Crippen molar-refractivity contribution in [2.45, 2.75) is 38.4 Å². The maximum absolute atomic E-state index is 12.5. The molecule has 0 bridgehead atoms. The minimum atomic E-state index is -0.104. The van der Waals surface area contributed by atoms with E-state index in [1.807, 2.05) is 42.1 Å². The fraction of sp³-hybridized carbons (Fsp3) is 0.500. The summed E-state index contributed by atoms with van der Waals surface area (Å²) in [6.07, 6.45) is 4.17. The van der Waals surface area contributed by atoms with Crippen LogP contribution in [0.4, 0.5) is 0 Å². The van der Waals surface area contributed by atoms with Crippen LogP contribution in [0.2, 0.25) is 0 Å². The lowest BCUT2D eigenvalue weighted by molar-refractivity contribution is 0.0925. The van der Waals surface area contributed by atoms with Gasteiger partial charge in [0.15, 0.2) is 0 Å². The van der Waals surface area contributed by atoms with Gasteiger partial charge in [-0.15, -0.1) is 12.4 Å². The summed E-state index contributed by atoms with van der Waals surface area (Å²) in [4.78, 5) is 14.7. The molecule has 0 saturated carbocycles. The van der Waals surface area contributed by atoms with Crippen LogP contribution in [0.25, 0.3) is 0 Å². The van der Waals surface area contributed by atoms with Gasteiger partial charge in [0.1, 0.15) is 5.69 Å². The molecule has 1 fully saturated rings. The molecule has 1 aliphatic rings. The Hall–Kier alpha value is -1.89. The maximum Gasteiger partial charge on any atom is 0.272 e. The topological polar surface area (TPSA) is 62.2 Å². The monoisotopic (exact) mass is 391 g/mol. The molecule has 6 nitrogen and oxygen atoms in total. The lowest BCUT2D eigenvalue weighted by Gasteiger charge is -2.23. The summed E-state index contributed by atoms with van der Waals surface area (Å²) in [7, 11) is 2.07. The van der Waals surface area contributed by atoms with E-state index < -0.39 is 0 Å². The number of piperidine rings is 1. The Bertz CT molecular complexity index is 699. The second kappa shape index (κ2) is 10.4. The van der Waals surface area contributed by atoms with Crippen LogP contribution in [0, 0.1) is 0 Å². The van der Waals surface area contributed by atoms with Crippen molar-refractivity contribution in [3.8, 4) is 0 Å². The number of aromatic nitrogens is 2. The van der Waals surface area contributed by atoms with Gasteiger partial charge in [0, 0.05) is 31.9 Å². The van der Waals surface area contributed by atoms with Crippen molar-refractivity contribution in [2.24, 2.45) is 0 Å². The molecule has 1 aliphatic heterocycles. The number of amides is 1. The molecule has 0 aliphatic carbocycles. The highest BCUT2D eigenvalue weighted by Crippen LogP contribution is 2.15. The second-order valence-corrected chi connectivity index (χ2v) is 7.24. The zero-order chi connectivity index (χ0) is 18.4. The summed E-state index contributed by atoms with van der Waals surface area (Å²) >= 11 is 0. The van der Waals surface area contributed by atoms with Gasteiger partial charge >= 0.3 is 0 Å². The molecule has 2 aromatic rings. The van der Waals surface area contributed by atoms with Gasteiger partial charge in [-0.3, -0.25) is 9.48 Å². The molecule has 2 atom stereocenters. The Morgan fingerprint density at radius 2 is 2.15 bits per heavy atom. The summed E-state index contributed by atoms with van der Waals surface area (Å²) in [6, 6.07) is 12.6. The number of nitrogens with zero attached hydrogens (tertiary/aromatic N) is 3. The Labute approximate surface area is 167 Å². The van der Waals surface area contributed by atoms with E-state index in [-0.39, 0.29) is 24.4 Å². The SMILES string of the molecule is CC(CN(C)Cc1ccccc1)NC(=O)c1ccn(C2CCCNC2)n1.Cl. The van der Waals surface area contributed by atoms with E-state index in [4.69, 9.17) is 0 Å². The van der Waals surface area contributed by atoms with Crippen molar-refractivity contribution in [3.63, 3.8) is 0 Å². The fourth-order valence-electron chi connectivity index (χ4n) is 3.49. The van der Waals surface area contributed by atoms with Crippen molar-refractivity contribution in [1.82, 2.24) is 25.3 Å². The van der Waals surface area contributed by atoms with E-state index >= 15 is 0 Å². The number of rotatable bonds is 7. The molecule has 1 aromatic carbocycles. The van der Waals surface area contributed by atoms with Gasteiger partial charge < -0.3 is 15.5 Å². The molecule has 1 saturated heterocycles. The summed E-state index contributed by atoms with van der Waals surface area (Å²) in [6.45, 7) is 5.67. The quantitative estimate of drug-likeness (QED) is 0.761. The maximum atomic E-state index is 12.5. The van der Waals surface area contributed by atoms with Crippen LogP contribution < -0.4 is 10.6 Å². The van der Waals surface area contributed by atoms with Crippen LogP contribution >= 0.6 is 12.4 Å². The Morgan fingerprint density at radius 1 is 1.37 bits per heavy atom. The number of carbonyl (C=O) groups is 1. The van der Waals surface area contributed by atoms with E-state index in [0.717, 1.165) is 39.0 Å². The molecule has 27 heavy (non-hydrogen) atoms. The minimum absolute atomic E-state index is 0. The van der Waals surface area contributed by atoms with Crippen molar-refractivity contribution in [2.75, 3.05) is 26.7 Å². The lowest BCUT2D eigenvalue weighted by Crippen LogP contribution is -2.40. The first-order valence-corrected chi connectivity index (χ1v) is 9.41. The first-order chi connectivity index (χ1) is 12.6. The molecule has 148 valence electrons. The molecule has 1 amide bonds. The lowest BCUT2D eigenvalue weighted by atomic mass is 10.1. The van der Waals surface area contributed by atoms with Crippen molar-refractivity contribution in [1.29, 1.82) is 0 Å². The van der Waals surface area contributed by atoms with Gasteiger partial charge in [-0.05, 0) is 45.0 Å². The Balaban J connectivity index is 0.00000261. The Kier molecular flexibility index (Phi) is 8.28. The molecule has 2 N–H and O–H groups in total. The third-order valence-corrected chi connectivity index (χ3v) is 4.74. The van der Waals surface area contributed by atoms with Crippen LogP contribution in [-0.2, 0) is 6.54 Å². The minimum Gasteiger partial charge on any atom is -0.347 e. The average Bonchev–Trinajstić information content (AvgIpc) is 3.13. The number of hydrogen-bond donors (Lipinski definition) is 2. The van der Waals surface area contributed by atoms with Gasteiger partial charge in [-0.25, -0.2) is 0 Å². The van der Waals surface area contributed by atoms with Gasteiger partial charge in [0.2, 0.25) is 0 Å². The van der Waals surface area contributed by atoms with Crippen molar-refractivity contribution >= 4 is 18.3 Å². The van der Waals surface area contributed by atoms with E-state index in [1.165, 1.54) is 5.56 Å². The zero-order valence-corrected chi connectivity index (χ0v) is 16.9. The zero-order valence-electron chi connectivity index (χ0n) is 16.1. The molecular formula is C20H30ClN5O. The number of halogens is 1. The van der Waals surface area contributed by atoms with E-state index in [0.29, 0.717) is 11.7 Å². The van der Waals surface area contributed by atoms with Crippen molar-refractivity contribution in [3.05, 3.63) is 53.9 Å². The highest BCUT2D eigenvalue weighted by molar-refractivity contribution is 5.92. The number of nitrogens with one attached hydrogen (secondary N) is 2. The molecule has 2 unspecified atom stereocenters. The molecule has 3 rings (SSSR count). The third kappa shape index (κ3) is 6.34. The number of carbonyl (C=O) groups excluding carboxylic acids is 1. The highest BCUT2D eigenvalue weighted by Gasteiger charge is 2.19. The third-order valence-electron chi connectivity index (χ3n) is 4.74. The predicted molar refractivity (Wildman–Crippen MR) is 110 cm³/mol. The van der Waals surface area contributed by atoms with Gasteiger partial charge in [0.25, 0.3) is 5.91 Å². The fourth-order valence-corrected chi connectivity index (χ4v) is 3.49. The predicted octanol–water partition coefficient (Wildman–Crippen LogP) is 2.48. The van der Waals surface area contributed by atoms with Crippen LogP contribution in [0.5, 0.6) is 0 Å². The van der Waals surface area contributed by atoms with Gasteiger partial charge in [-0.1, -0.05) is 30.3 Å². The molecule has 0 spiro atoms. The largest absolute Gasteiger partial charge is 0.347 e. The van der Waals surface area contributed by atoms with Crippen LogP contribution in [-0.4, -0.2) is 53.3 Å². The summed E-state index contributed by atoms with van der Waals surface area (Å²) in [5.41, 5.74) is 1.77. The second-order valence-electron chi connectivity index (χ2n) is 7.24. The Morgan fingerprint density at radius 3 is 2.85 bits per heavy atom.